The molecule has 0 saturated heterocycles. The lowest BCUT2D eigenvalue weighted by atomic mass is 9.72. The maximum absolute atomic E-state index is 10.5. The number of benzene rings is 1. The number of rotatable bonds is 3. The van der Waals surface area contributed by atoms with E-state index in [0.717, 1.165) is 35.0 Å². The van der Waals surface area contributed by atoms with Gasteiger partial charge in [-0.2, -0.15) is 4.99 Å². The number of aliphatic imine (C=N–C) groups is 1. The summed E-state index contributed by atoms with van der Waals surface area (Å²) in [4.78, 5) is 14.4. The summed E-state index contributed by atoms with van der Waals surface area (Å²) in [5.74, 6) is 0.785. The number of nitrogens with zero attached hydrogens (tertiary/aromatic N) is 1. The van der Waals surface area contributed by atoms with Crippen LogP contribution in [0.1, 0.15) is 24.8 Å². The van der Waals surface area contributed by atoms with E-state index >= 15 is 0 Å². The SMILES string of the molecule is COc1ccc(C2(N=C=O)CCC2)cc1Br. The van der Waals surface area contributed by atoms with Gasteiger partial charge in [0.15, 0.2) is 0 Å². The number of ether oxygens (including phenoxy) is 1. The first kappa shape index (κ1) is 11.4. The van der Waals surface area contributed by atoms with Crippen molar-refractivity contribution in [2.75, 3.05) is 7.11 Å². The van der Waals surface area contributed by atoms with Gasteiger partial charge in [0.1, 0.15) is 5.75 Å². The number of hydrogen-bond acceptors (Lipinski definition) is 3. The molecule has 0 radical (unpaired) electrons. The number of isocyanates is 1. The van der Waals surface area contributed by atoms with Crippen molar-refractivity contribution in [3.05, 3.63) is 28.2 Å². The second-order valence-electron chi connectivity index (χ2n) is 3.94. The lowest BCUT2D eigenvalue weighted by Gasteiger charge is -2.37. The van der Waals surface area contributed by atoms with Crippen LogP contribution in [0.25, 0.3) is 0 Å². The van der Waals surface area contributed by atoms with Crippen molar-refractivity contribution in [1.29, 1.82) is 0 Å². The Hall–Kier alpha value is -1.12. The fourth-order valence-corrected chi connectivity index (χ4v) is 2.56. The van der Waals surface area contributed by atoms with Crippen molar-refractivity contribution < 1.29 is 9.53 Å². The van der Waals surface area contributed by atoms with Crippen molar-refractivity contribution >= 4 is 22.0 Å². The average molecular weight is 282 g/mol. The summed E-state index contributed by atoms with van der Waals surface area (Å²) >= 11 is 3.44. The first-order valence-electron chi connectivity index (χ1n) is 5.15. The standard InChI is InChI=1S/C12H12BrNO2/c1-16-11-4-3-9(7-10(11)13)12(14-8-15)5-2-6-12/h3-4,7H,2,5-6H2,1H3. The summed E-state index contributed by atoms with van der Waals surface area (Å²) in [5.41, 5.74) is 0.714. The van der Waals surface area contributed by atoms with Gasteiger partial charge in [-0.3, -0.25) is 0 Å². The molecule has 1 aromatic rings. The molecule has 0 aromatic heterocycles. The largest absolute Gasteiger partial charge is 0.496 e. The molecule has 0 amide bonds. The third-order valence-corrected chi connectivity index (χ3v) is 3.75. The zero-order valence-corrected chi connectivity index (χ0v) is 10.6. The van der Waals surface area contributed by atoms with Crippen LogP contribution in [-0.2, 0) is 10.3 Å². The second kappa shape index (κ2) is 4.40. The summed E-state index contributed by atoms with van der Waals surface area (Å²) in [5, 5.41) is 0. The minimum Gasteiger partial charge on any atom is -0.496 e. The highest BCUT2D eigenvalue weighted by atomic mass is 79.9. The molecular weight excluding hydrogens is 270 g/mol. The van der Waals surface area contributed by atoms with E-state index in [1.165, 1.54) is 0 Å². The van der Waals surface area contributed by atoms with Crippen LogP contribution in [0.5, 0.6) is 5.75 Å². The number of carbonyl (C=O) groups excluding carboxylic acids is 1. The predicted octanol–water partition coefficient (Wildman–Crippen LogP) is 3.17. The van der Waals surface area contributed by atoms with Gasteiger partial charge < -0.3 is 4.74 Å². The molecule has 84 valence electrons. The van der Waals surface area contributed by atoms with Gasteiger partial charge in [0.25, 0.3) is 0 Å². The molecule has 0 atom stereocenters. The Labute approximate surface area is 103 Å². The molecule has 16 heavy (non-hydrogen) atoms. The zero-order chi connectivity index (χ0) is 11.6. The average Bonchev–Trinajstić information content (AvgIpc) is 2.23. The van der Waals surface area contributed by atoms with Crippen LogP contribution in [0.2, 0.25) is 0 Å². The summed E-state index contributed by atoms with van der Waals surface area (Å²) in [6, 6.07) is 5.82. The summed E-state index contributed by atoms with van der Waals surface area (Å²) < 4.78 is 6.06. The first-order valence-corrected chi connectivity index (χ1v) is 5.94. The van der Waals surface area contributed by atoms with Gasteiger partial charge in [-0.15, -0.1) is 0 Å². The quantitative estimate of drug-likeness (QED) is 0.631. The minimum absolute atomic E-state index is 0.337. The van der Waals surface area contributed by atoms with Crippen molar-refractivity contribution in [2.24, 2.45) is 4.99 Å². The molecule has 1 fully saturated rings. The summed E-state index contributed by atoms with van der Waals surface area (Å²) in [6.45, 7) is 0. The van der Waals surface area contributed by atoms with Gasteiger partial charge in [-0.05, 0) is 52.9 Å². The molecule has 0 aliphatic heterocycles. The van der Waals surface area contributed by atoms with Crippen molar-refractivity contribution in [2.45, 2.75) is 24.8 Å². The van der Waals surface area contributed by atoms with Gasteiger partial charge >= 0.3 is 0 Å². The number of hydrogen-bond donors (Lipinski definition) is 0. The van der Waals surface area contributed by atoms with E-state index in [1.807, 2.05) is 18.2 Å². The molecule has 1 aliphatic rings. The van der Waals surface area contributed by atoms with Crippen molar-refractivity contribution in [1.82, 2.24) is 0 Å². The van der Waals surface area contributed by atoms with Crippen LogP contribution >= 0.6 is 15.9 Å². The van der Waals surface area contributed by atoms with Crippen molar-refractivity contribution in [3.63, 3.8) is 0 Å². The van der Waals surface area contributed by atoms with Crippen LogP contribution in [0.15, 0.2) is 27.7 Å². The Balaban J connectivity index is 2.40. The van der Waals surface area contributed by atoms with Gasteiger partial charge in [0.05, 0.1) is 17.1 Å². The Bertz CT molecular complexity index is 448. The molecular formula is C12H12BrNO2. The normalized spacial score (nSPS) is 17.1. The number of halogens is 1. The van der Waals surface area contributed by atoms with E-state index in [0.29, 0.717) is 0 Å². The maximum Gasteiger partial charge on any atom is 0.235 e. The van der Waals surface area contributed by atoms with E-state index in [2.05, 4.69) is 20.9 Å². The molecule has 0 spiro atoms. The summed E-state index contributed by atoms with van der Waals surface area (Å²) in [6.07, 6.45) is 4.63. The molecule has 0 heterocycles. The number of methoxy groups -OCH3 is 1. The Morgan fingerprint density at radius 3 is 2.69 bits per heavy atom. The first-order chi connectivity index (χ1) is 7.72. The molecule has 1 aliphatic carbocycles. The van der Waals surface area contributed by atoms with Crippen LogP contribution in [0, 0.1) is 0 Å². The lowest BCUT2D eigenvalue weighted by Crippen LogP contribution is -2.31. The second-order valence-corrected chi connectivity index (χ2v) is 4.79. The molecule has 1 saturated carbocycles. The fraction of sp³-hybridized carbons (Fsp3) is 0.417. The zero-order valence-electron chi connectivity index (χ0n) is 9.00. The van der Waals surface area contributed by atoms with Crippen LogP contribution in [-0.4, -0.2) is 13.2 Å². The van der Waals surface area contributed by atoms with Crippen LogP contribution in [0.3, 0.4) is 0 Å². The highest BCUT2D eigenvalue weighted by molar-refractivity contribution is 9.10. The van der Waals surface area contributed by atoms with Gasteiger partial charge in [-0.25, -0.2) is 4.79 Å². The predicted molar refractivity (Wildman–Crippen MR) is 64.3 cm³/mol. The Morgan fingerprint density at radius 1 is 1.50 bits per heavy atom. The third kappa shape index (κ3) is 1.79. The van der Waals surface area contributed by atoms with E-state index in [-0.39, 0.29) is 5.54 Å². The smallest absolute Gasteiger partial charge is 0.235 e. The lowest BCUT2D eigenvalue weighted by molar-refractivity contribution is 0.255. The van der Waals surface area contributed by atoms with Gasteiger partial charge in [0.2, 0.25) is 6.08 Å². The van der Waals surface area contributed by atoms with Crippen LogP contribution < -0.4 is 4.74 Å². The van der Waals surface area contributed by atoms with Crippen LogP contribution in [0.4, 0.5) is 0 Å². The monoisotopic (exact) mass is 281 g/mol. The highest BCUT2D eigenvalue weighted by Crippen LogP contribution is 2.46. The molecule has 2 rings (SSSR count). The summed E-state index contributed by atoms with van der Waals surface area (Å²) in [7, 11) is 1.63. The Morgan fingerprint density at radius 2 is 2.25 bits per heavy atom. The fourth-order valence-electron chi connectivity index (χ4n) is 2.02. The van der Waals surface area contributed by atoms with Gasteiger partial charge in [0, 0.05) is 0 Å². The molecule has 0 N–H and O–H groups in total. The molecule has 1 aromatic carbocycles. The molecule has 4 heteroatoms. The maximum atomic E-state index is 10.5. The molecule has 3 nitrogen and oxygen atoms in total. The van der Waals surface area contributed by atoms with Gasteiger partial charge in [-0.1, -0.05) is 6.07 Å². The molecule has 0 bridgehead atoms. The van der Waals surface area contributed by atoms with E-state index in [9.17, 15) is 4.79 Å². The van der Waals surface area contributed by atoms with E-state index < -0.39 is 0 Å². The molecule has 0 unspecified atom stereocenters. The van der Waals surface area contributed by atoms with E-state index in [1.54, 1.807) is 13.2 Å². The Kier molecular flexibility index (Phi) is 3.13. The topological polar surface area (TPSA) is 38.7 Å². The third-order valence-electron chi connectivity index (χ3n) is 3.13. The minimum atomic E-state index is -0.337. The van der Waals surface area contributed by atoms with E-state index in [4.69, 9.17) is 4.74 Å². The van der Waals surface area contributed by atoms with Crippen molar-refractivity contribution in [3.8, 4) is 5.75 Å². The highest BCUT2D eigenvalue weighted by Gasteiger charge is 2.39.